The molecule has 0 bridgehead atoms. The van der Waals surface area contributed by atoms with E-state index in [9.17, 15) is 14.4 Å². The average Bonchev–Trinajstić information content (AvgIpc) is 3.11. The standard InChI is InChI=1S/C23H34N4O3/c1-4-10-24-21(28)15-26-11-8-19(9-12-26)25-23(30)18-13-22(29)27(14-18)20-7-5-6-16(2)17(20)3/h5-7,18-19H,4,8-15H2,1-3H3,(H,24,28)(H,25,30). The van der Waals surface area contributed by atoms with Crippen LogP contribution < -0.4 is 15.5 Å². The van der Waals surface area contributed by atoms with E-state index in [1.54, 1.807) is 4.90 Å². The van der Waals surface area contributed by atoms with Crippen molar-refractivity contribution in [3.8, 4) is 0 Å². The maximum atomic E-state index is 12.8. The highest BCUT2D eigenvalue weighted by Gasteiger charge is 2.36. The predicted octanol–water partition coefficient (Wildman–Crippen LogP) is 1.76. The predicted molar refractivity (Wildman–Crippen MR) is 117 cm³/mol. The third kappa shape index (κ3) is 5.39. The summed E-state index contributed by atoms with van der Waals surface area (Å²) >= 11 is 0. The molecule has 7 nitrogen and oxygen atoms in total. The fourth-order valence-electron chi connectivity index (χ4n) is 4.22. The fraction of sp³-hybridized carbons (Fsp3) is 0.609. The maximum Gasteiger partial charge on any atom is 0.234 e. The number of amides is 3. The lowest BCUT2D eigenvalue weighted by Crippen LogP contribution is -2.48. The van der Waals surface area contributed by atoms with Gasteiger partial charge in [-0.05, 0) is 50.3 Å². The number of hydrogen-bond acceptors (Lipinski definition) is 4. The number of carbonyl (C=O) groups is 3. The summed E-state index contributed by atoms with van der Waals surface area (Å²) in [6.45, 7) is 9.24. The zero-order valence-corrected chi connectivity index (χ0v) is 18.4. The van der Waals surface area contributed by atoms with Crippen LogP contribution in [0, 0.1) is 19.8 Å². The summed E-state index contributed by atoms with van der Waals surface area (Å²) in [7, 11) is 0. The Kier molecular flexibility index (Phi) is 7.48. The lowest BCUT2D eigenvalue weighted by atomic mass is 10.0. The fourth-order valence-corrected chi connectivity index (χ4v) is 4.22. The minimum atomic E-state index is -0.310. The minimum absolute atomic E-state index is 0.0109. The molecule has 1 unspecified atom stereocenters. The van der Waals surface area contributed by atoms with E-state index in [1.165, 1.54) is 0 Å². The Morgan fingerprint density at radius 3 is 2.60 bits per heavy atom. The molecule has 0 aromatic heterocycles. The van der Waals surface area contributed by atoms with Crippen molar-refractivity contribution in [2.24, 2.45) is 5.92 Å². The molecule has 2 aliphatic rings. The van der Waals surface area contributed by atoms with Crippen molar-refractivity contribution in [1.82, 2.24) is 15.5 Å². The SMILES string of the molecule is CCCNC(=O)CN1CCC(NC(=O)C2CC(=O)N(c3cccc(C)c3C)C2)CC1. The summed E-state index contributed by atoms with van der Waals surface area (Å²) in [6, 6.07) is 6.04. The van der Waals surface area contributed by atoms with Crippen molar-refractivity contribution in [1.29, 1.82) is 0 Å². The average molecular weight is 415 g/mol. The molecule has 2 aliphatic heterocycles. The van der Waals surface area contributed by atoms with Gasteiger partial charge in [-0.3, -0.25) is 19.3 Å². The molecule has 3 amide bonds. The lowest BCUT2D eigenvalue weighted by molar-refractivity contribution is -0.127. The van der Waals surface area contributed by atoms with Crippen molar-refractivity contribution in [2.45, 2.75) is 52.5 Å². The molecule has 2 N–H and O–H groups in total. The molecule has 2 saturated heterocycles. The highest BCUT2D eigenvalue weighted by atomic mass is 16.2. The molecular weight excluding hydrogens is 380 g/mol. The second-order valence-electron chi connectivity index (χ2n) is 8.53. The van der Waals surface area contributed by atoms with Crippen LogP contribution in [0.1, 0.15) is 43.7 Å². The summed E-state index contributed by atoms with van der Waals surface area (Å²) in [5.41, 5.74) is 3.13. The zero-order valence-electron chi connectivity index (χ0n) is 18.4. The second kappa shape index (κ2) is 10.1. The van der Waals surface area contributed by atoms with Gasteiger partial charge in [0, 0.05) is 44.3 Å². The Bertz CT molecular complexity index is 787. The lowest BCUT2D eigenvalue weighted by Gasteiger charge is -2.32. The van der Waals surface area contributed by atoms with Gasteiger partial charge < -0.3 is 15.5 Å². The van der Waals surface area contributed by atoms with Gasteiger partial charge in [-0.1, -0.05) is 19.1 Å². The number of hydrogen-bond donors (Lipinski definition) is 2. The number of likely N-dealkylation sites (tertiary alicyclic amines) is 1. The number of rotatable bonds is 7. The van der Waals surface area contributed by atoms with Crippen LogP contribution in [0.2, 0.25) is 0 Å². The summed E-state index contributed by atoms with van der Waals surface area (Å²) in [4.78, 5) is 41.1. The van der Waals surface area contributed by atoms with Crippen LogP contribution in [0.3, 0.4) is 0 Å². The number of anilines is 1. The van der Waals surface area contributed by atoms with Crippen LogP contribution in [0.5, 0.6) is 0 Å². The molecule has 0 aliphatic carbocycles. The van der Waals surface area contributed by atoms with E-state index in [4.69, 9.17) is 0 Å². The van der Waals surface area contributed by atoms with Crippen LogP contribution in [0.15, 0.2) is 18.2 Å². The van der Waals surface area contributed by atoms with Crippen LogP contribution in [-0.2, 0) is 14.4 Å². The van der Waals surface area contributed by atoms with Crippen molar-refractivity contribution < 1.29 is 14.4 Å². The number of nitrogens with one attached hydrogen (secondary N) is 2. The van der Waals surface area contributed by atoms with Gasteiger partial charge in [0.25, 0.3) is 0 Å². The molecule has 0 saturated carbocycles. The molecule has 2 heterocycles. The monoisotopic (exact) mass is 414 g/mol. The number of carbonyl (C=O) groups excluding carboxylic acids is 3. The Hall–Kier alpha value is -2.41. The minimum Gasteiger partial charge on any atom is -0.355 e. The smallest absolute Gasteiger partial charge is 0.234 e. The van der Waals surface area contributed by atoms with Crippen LogP contribution in [-0.4, -0.2) is 61.4 Å². The molecule has 1 aromatic rings. The van der Waals surface area contributed by atoms with Crippen molar-refractivity contribution >= 4 is 23.4 Å². The highest BCUT2D eigenvalue weighted by molar-refractivity contribution is 6.01. The first-order chi connectivity index (χ1) is 14.4. The van der Waals surface area contributed by atoms with Gasteiger partial charge in [-0.15, -0.1) is 0 Å². The Labute approximate surface area is 179 Å². The van der Waals surface area contributed by atoms with E-state index in [-0.39, 0.29) is 36.1 Å². The zero-order chi connectivity index (χ0) is 21.7. The molecule has 164 valence electrons. The largest absolute Gasteiger partial charge is 0.355 e. The quantitative estimate of drug-likeness (QED) is 0.712. The van der Waals surface area contributed by atoms with Crippen molar-refractivity contribution in [3.05, 3.63) is 29.3 Å². The number of piperidine rings is 1. The van der Waals surface area contributed by atoms with E-state index in [0.717, 1.165) is 49.2 Å². The number of aryl methyl sites for hydroxylation is 1. The summed E-state index contributed by atoms with van der Waals surface area (Å²) in [6.07, 6.45) is 2.85. The van der Waals surface area contributed by atoms with Gasteiger partial charge in [0.15, 0.2) is 0 Å². The Morgan fingerprint density at radius 2 is 1.90 bits per heavy atom. The molecule has 7 heteroatoms. The van der Waals surface area contributed by atoms with Crippen LogP contribution in [0.4, 0.5) is 5.69 Å². The molecule has 0 spiro atoms. The third-order valence-electron chi connectivity index (χ3n) is 6.24. The van der Waals surface area contributed by atoms with Gasteiger partial charge in [0.05, 0.1) is 12.5 Å². The van der Waals surface area contributed by atoms with Gasteiger partial charge in [-0.2, -0.15) is 0 Å². The van der Waals surface area contributed by atoms with E-state index < -0.39 is 0 Å². The van der Waals surface area contributed by atoms with Gasteiger partial charge >= 0.3 is 0 Å². The second-order valence-corrected chi connectivity index (χ2v) is 8.53. The highest BCUT2D eigenvalue weighted by Crippen LogP contribution is 2.29. The summed E-state index contributed by atoms with van der Waals surface area (Å²) in [5.74, 6) is -0.266. The molecule has 30 heavy (non-hydrogen) atoms. The first-order valence-electron chi connectivity index (χ1n) is 11.0. The number of benzene rings is 1. The van der Waals surface area contributed by atoms with E-state index in [2.05, 4.69) is 15.5 Å². The topological polar surface area (TPSA) is 81.8 Å². The third-order valence-corrected chi connectivity index (χ3v) is 6.24. The molecule has 1 aromatic carbocycles. The van der Waals surface area contributed by atoms with Gasteiger partial charge in [-0.25, -0.2) is 0 Å². The maximum absolute atomic E-state index is 12.8. The first kappa shape index (κ1) is 22.3. The van der Waals surface area contributed by atoms with Crippen LogP contribution in [0.25, 0.3) is 0 Å². The molecule has 3 rings (SSSR count). The van der Waals surface area contributed by atoms with Crippen molar-refractivity contribution in [2.75, 3.05) is 37.6 Å². The van der Waals surface area contributed by atoms with E-state index >= 15 is 0 Å². The number of nitrogens with zero attached hydrogens (tertiary/aromatic N) is 2. The molecule has 0 radical (unpaired) electrons. The summed E-state index contributed by atoms with van der Waals surface area (Å²) in [5, 5.41) is 6.04. The first-order valence-corrected chi connectivity index (χ1v) is 11.0. The molecule has 2 fully saturated rings. The Balaban J connectivity index is 1.47. The Morgan fingerprint density at radius 1 is 1.17 bits per heavy atom. The van der Waals surface area contributed by atoms with Crippen LogP contribution >= 0.6 is 0 Å². The molecule has 1 atom stereocenters. The summed E-state index contributed by atoms with van der Waals surface area (Å²) < 4.78 is 0. The van der Waals surface area contributed by atoms with E-state index in [1.807, 2.05) is 39.0 Å². The normalized spacial score (nSPS) is 20.4. The van der Waals surface area contributed by atoms with E-state index in [0.29, 0.717) is 19.6 Å². The van der Waals surface area contributed by atoms with Gasteiger partial charge in [0.2, 0.25) is 17.7 Å². The van der Waals surface area contributed by atoms with Crippen molar-refractivity contribution in [3.63, 3.8) is 0 Å². The van der Waals surface area contributed by atoms with Gasteiger partial charge in [0.1, 0.15) is 0 Å². The molecular formula is C23H34N4O3.